The van der Waals surface area contributed by atoms with Gasteiger partial charge in [-0.2, -0.15) is 0 Å². The van der Waals surface area contributed by atoms with Crippen LogP contribution in [-0.2, 0) is 4.79 Å². The first-order valence-corrected chi connectivity index (χ1v) is 5.24. The summed E-state index contributed by atoms with van der Waals surface area (Å²) in [6.45, 7) is 1.91. The summed E-state index contributed by atoms with van der Waals surface area (Å²) in [5.74, 6) is -0.712. The second-order valence-electron chi connectivity index (χ2n) is 4.26. The van der Waals surface area contributed by atoms with Crippen molar-refractivity contribution in [3.8, 4) is 0 Å². The van der Waals surface area contributed by atoms with E-state index in [1.54, 1.807) is 0 Å². The molecule has 1 atom stereocenters. The number of carboxylic acids is 1. The van der Waals surface area contributed by atoms with E-state index in [4.69, 9.17) is 5.11 Å². The first kappa shape index (κ1) is 9.00. The number of rotatable bonds is 2. The molecular formula is C10H17NO2. The molecule has 0 amide bonds. The van der Waals surface area contributed by atoms with E-state index in [1.165, 1.54) is 19.3 Å². The maximum atomic E-state index is 10.9. The molecule has 0 radical (unpaired) electrons. The van der Waals surface area contributed by atoms with Crippen molar-refractivity contribution in [2.45, 2.75) is 38.1 Å². The van der Waals surface area contributed by atoms with Gasteiger partial charge in [-0.05, 0) is 32.2 Å². The molecule has 2 aliphatic rings. The minimum atomic E-state index is -0.604. The van der Waals surface area contributed by atoms with E-state index in [1.807, 2.05) is 0 Å². The van der Waals surface area contributed by atoms with E-state index in [0.717, 1.165) is 32.0 Å². The van der Waals surface area contributed by atoms with Crippen molar-refractivity contribution in [1.82, 2.24) is 4.90 Å². The van der Waals surface area contributed by atoms with Crippen LogP contribution in [0.3, 0.4) is 0 Å². The van der Waals surface area contributed by atoms with Crippen molar-refractivity contribution in [3.63, 3.8) is 0 Å². The van der Waals surface area contributed by atoms with Crippen LogP contribution in [0, 0.1) is 5.92 Å². The molecule has 74 valence electrons. The van der Waals surface area contributed by atoms with Crippen molar-refractivity contribution < 1.29 is 9.90 Å². The minimum absolute atomic E-state index is 0.108. The summed E-state index contributed by atoms with van der Waals surface area (Å²) in [4.78, 5) is 13.2. The molecule has 0 spiro atoms. The largest absolute Gasteiger partial charge is 0.481 e. The predicted octanol–water partition coefficient (Wildman–Crippen LogP) is 1.34. The first-order chi connectivity index (χ1) is 6.27. The fraction of sp³-hybridized carbons (Fsp3) is 0.900. The summed E-state index contributed by atoms with van der Waals surface area (Å²) >= 11 is 0. The predicted molar refractivity (Wildman–Crippen MR) is 49.6 cm³/mol. The molecule has 1 unspecified atom stereocenters. The van der Waals surface area contributed by atoms with Gasteiger partial charge in [-0.1, -0.05) is 6.42 Å². The average Bonchev–Trinajstić information content (AvgIpc) is 2.91. The Morgan fingerprint density at radius 3 is 2.62 bits per heavy atom. The number of likely N-dealkylation sites (tertiary alicyclic amines) is 1. The van der Waals surface area contributed by atoms with Crippen LogP contribution in [0.5, 0.6) is 0 Å². The van der Waals surface area contributed by atoms with Gasteiger partial charge in [-0.15, -0.1) is 0 Å². The highest BCUT2D eigenvalue weighted by molar-refractivity contribution is 5.70. The van der Waals surface area contributed by atoms with Gasteiger partial charge in [-0.25, -0.2) is 0 Å². The molecule has 0 aromatic rings. The van der Waals surface area contributed by atoms with Crippen LogP contribution < -0.4 is 0 Å². The third kappa shape index (κ3) is 2.21. The number of nitrogens with zero attached hydrogens (tertiary/aromatic N) is 1. The van der Waals surface area contributed by atoms with Crippen molar-refractivity contribution in [2.75, 3.05) is 13.1 Å². The molecule has 0 aromatic heterocycles. The average molecular weight is 183 g/mol. The van der Waals surface area contributed by atoms with Crippen LogP contribution in [0.25, 0.3) is 0 Å². The van der Waals surface area contributed by atoms with Crippen molar-refractivity contribution >= 4 is 5.97 Å². The Morgan fingerprint density at radius 2 is 2.00 bits per heavy atom. The Kier molecular flexibility index (Phi) is 2.54. The zero-order valence-electron chi connectivity index (χ0n) is 7.91. The molecule has 13 heavy (non-hydrogen) atoms. The molecule has 1 N–H and O–H groups in total. The molecule has 1 saturated carbocycles. The molecule has 1 aliphatic carbocycles. The highest BCUT2D eigenvalue weighted by Crippen LogP contribution is 2.30. The molecule has 0 bridgehead atoms. The lowest BCUT2D eigenvalue weighted by molar-refractivity contribution is -0.142. The van der Waals surface area contributed by atoms with Crippen LogP contribution in [0.2, 0.25) is 0 Å². The Balaban J connectivity index is 1.93. The van der Waals surface area contributed by atoms with Gasteiger partial charge in [0.05, 0.1) is 5.92 Å². The van der Waals surface area contributed by atoms with Gasteiger partial charge < -0.3 is 5.11 Å². The van der Waals surface area contributed by atoms with E-state index < -0.39 is 5.97 Å². The van der Waals surface area contributed by atoms with Gasteiger partial charge in [0.1, 0.15) is 0 Å². The van der Waals surface area contributed by atoms with Crippen LogP contribution in [0.15, 0.2) is 0 Å². The fourth-order valence-electron chi connectivity index (χ4n) is 2.14. The summed E-state index contributed by atoms with van der Waals surface area (Å²) in [6, 6.07) is 0.722. The molecule has 1 aliphatic heterocycles. The van der Waals surface area contributed by atoms with E-state index in [9.17, 15) is 4.79 Å². The fourth-order valence-corrected chi connectivity index (χ4v) is 2.14. The SMILES string of the molecule is O=C(O)C1CCCCN(C2CC2)C1. The smallest absolute Gasteiger partial charge is 0.307 e. The lowest BCUT2D eigenvalue weighted by Gasteiger charge is -2.21. The van der Waals surface area contributed by atoms with Gasteiger partial charge in [0.2, 0.25) is 0 Å². The van der Waals surface area contributed by atoms with E-state index in [0.29, 0.717) is 0 Å². The second-order valence-corrected chi connectivity index (χ2v) is 4.26. The second kappa shape index (κ2) is 3.66. The maximum absolute atomic E-state index is 10.9. The molecule has 1 saturated heterocycles. The molecule has 3 nitrogen and oxygen atoms in total. The van der Waals surface area contributed by atoms with E-state index in [2.05, 4.69) is 4.90 Å². The Morgan fingerprint density at radius 1 is 1.23 bits per heavy atom. The number of aliphatic carboxylic acids is 1. The molecule has 2 fully saturated rings. The zero-order valence-corrected chi connectivity index (χ0v) is 7.91. The molecule has 3 heteroatoms. The molecule has 0 aromatic carbocycles. The number of carboxylic acid groups (broad SMARTS) is 1. The summed E-state index contributed by atoms with van der Waals surface area (Å²) in [7, 11) is 0. The maximum Gasteiger partial charge on any atom is 0.307 e. The lowest BCUT2D eigenvalue weighted by Crippen LogP contribution is -2.33. The van der Waals surface area contributed by atoms with Crippen molar-refractivity contribution in [1.29, 1.82) is 0 Å². The highest BCUT2D eigenvalue weighted by Gasteiger charge is 2.33. The first-order valence-electron chi connectivity index (χ1n) is 5.24. The van der Waals surface area contributed by atoms with Gasteiger partial charge in [-0.3, -0.25) is 9.69 Å². The summed E-state index contributed by atoms with van der Waals surface area (Å²) in [5.41, 5.74) is 0. The Hall–Kier alpha value is -0.570. The number of hydrogen-bond acceptors (Lipinski definition) is 2. The van der Waals surface area contributed by atoms with Crippen molar-refractivity contribution in [2.24, 2.45) is 5.92 Å². The standard InChI is InChI=1S/C10H17NO2/c12-10(13)8-3-1-2-6-11(7-8)9-4-5-9/h8-9H,1-7H2,(H,12,13). The topological polar surface area (TPSA) is 40.5 Å². The van der Waals surface area contributed by atoms with Crippen molar-refractivity contribution in [3.05, 3.63) is 0 Å². The minimum Gasteiger partial charge on any atom is -0.481 e. The molecular weight excluding hydrogens is 166 g/mol. The van der Waals surface area contributed by atoms with E-state index >= 15 is 0 Å². The normalized spacial score (nSPS) is 31.2. The third-order valence-electron chi connectivity index (χ3n) is 3.12. The van der Waals surface area contributed by atoms with Crippen LogP contribution >= 0.6 is 0 Å². The quantitative estimate of drug-likeness (QED) is 0.702. The van der Waals surface area contributed by atoms with Gasteiger partial charge in [0.15, 0.2) is 0 Å². The molecule has 1 heterocycles. The molecule has 2 rings (SSSR count). The van der Waals surface area contributed by atoms with Gasteiger partial charge in [0.25, 0.3) is 0 Å². The number of hydrogen-bond donors (Lipinski definition) is 1. The highest BCUT2D eigenvalue weighted by atomic mass is 16.4. The summed E-state index contributed by atoms with van der Waals surface area (Å²) in [5, 5.41) is 8.96. The van der Waals surface area contributed by atoms with Gasteiger partial charge in [0, 0.05) is 12.6 Å². The number of carbonyl (C=O) groups is 1. The van der Waals surface area contributed by atoms with Crippen LogP contribution in [-0.4, -0.2) is 35.1 Å². The lowest BCUT2D eigenvalue weighted by atomic mass is 10.0. The van der Waals surface area contributed by atoms with Crippen LogP contribution in [0.1, 0.15) is 32.1 Å². The monoisotopic (exact) mass is 183 g/mol. The Labute approximate surface area is 78.7 Å². The third-order valence-corrected chi connectivity index (χ3v) is 3.12. The Bertz CT molecular complexity index is 201. The van der Waals surface area contributed by atoms with Crippen LogP contribution in [0.4, 0.5) is 0 Å². The van der Waals surface area contributed by atoms with E-state index in [-0.39, 0.29) is 5.92 Å². The zero-order chi connectivity index (χ0) is 9.26. The summed E-state index contributed by atoms with van der Waals surface area (Å²) in [6.07, 6.45) is 5.71. The summed E-state index contributed by atoms with van der Waals surface area (Å²) < 4.78 is 0. The van der Waals surface area contributed by atoms with Gasteiger partial charge >= 0.3 is 5.97 Å².